The molecule has 0 atom stereocenters. The second-order valence-electron chi connectivity index (χ2n) is 4.99. The van der Waals surface area contributed by atoms with Gasteiger partial charge in [0.15, 0.2) is 0 Å². The van der Waals surface area contributed by atoms with Gasteiger partial charge in [-0.15, -0.1) is 0 Å². The van der Waals surface area contributed by atoms with E-state index in [2.05, 4.69) is 43.5 Å². The fraction of sp³-hybridized carbons (Fsp3) is 0. The molecule has 0 amide bonds. The van der Waals surface area contributed by atoms with Gasteiger partial charge in [-0.2, -0.15) is 0 Å². The highest BCUT2D eigenvalue weighted by atomic mass is 16.3. The summed E-state index contributed by atoms with van der Waals surface area (Å²) in [5, 5.41) is 14.2. The van der Waals surface area contributed by atoms with E-state index in [1.54, 1.807) is 12.2 Å². The number of benzene rings is 3. The minimum absolute atomic E-state index is 0.0296. The largest absolute Gasteiger partial charge is 0.509 e. The van der Waals surface area contributed by atoms with Crippen LogP contribution in [-0.2, 0) is 0 Å². The van der Waals surface area contributed by atoms with Crippen molar-refractivity contribution in [1.82, 2.24) is 0 Å². The standard InChI is InChI=1S/C20H16O/c1-3-15(12-14(2)21)20-18-10-6-4-8-16(18)13-17-9-5-7-11-19(17)20/h3-13,21H,1-2H2/b15-12+. The molecule has 102 valence electrons. The lowest BCUT2D eigenvalue weighted by Gasteiger charge is -2.12. The van der Waals surface area contributed by atoms with Crippen LogP contribution in [0.3, 0.4) is 0 Å². The van der Waals surface area contributed by atoms with E-state index in [0.717, 1.165) is 21.9 Å². The van der Waals surface area contributed by atoms with Gasteiger partial charge in [-0.05, 0) is 44.8 Å². The van der Waals surface area contributed by atoms with Crippen molar-refractivity contribution >= 4 is 27.1 Å². The quantitative estimate of drug-likeness (QED) is 0.372. The third-order valence-corrected chi connectivity index (χ3v) is 3.60. The van der Waals surface area contributed by atoms with Crippen LogP contribution in [0.25, 0.3) is 27.1 Å². The van der Waals surface area contributed by atoms with Crippen LogP contribution in [0.1, 0.15) is 5.56 Å². The Morgan fingerprint density at radius 1 is 0.905 bits per heavy atom. The molecule has 3 rings (SSSR count). The Balaban J connectivity index is 2.51. The first-order chi connectivity index (χ1) is 10.2. The summed E-state index contributed by atoms with van der Waals surface area (Å²) in [7, 11) is 0. The molecule has 3 aromatic rings. The van der Waals surface area contributed by atoms with Crippen molar-refractivity contribution < 1.29 is 5.11 Å². The first kappa shape index (κ1) is 13.2. The van der Waals surface area contributed by atoms with E-state index < -0.39 is 0 Å². The van der Waals surface area contributed by atoms with Gasteiger partial charge in [-0.25, -0.2) is 0 Å². The van der Waals surface area contributed by atoms with Crippen LogP contribution in [-0.4, -0.2) is 5.11 Å². The normalized spacial score (nSPS) is 11.7. The van der Waals surface area contributed by atoms with Crippen LogP contribution in [0.2, 0.25) is 0 Å². The van der Waals surface area contributed by atoms with E-state index in [4.69, 9.17) is 0 Å². The molecule has 0 unspecified atom stereocenters. The second-order valence-corrected chi connectivity index (χ2v) is 4.99. The van der Waals surface area contributed by atoms with Gasteiger partial charge in [0.05, 0.1) is 0 Å². The van der Waals surface area contributed by atoms with E-state index in [1.807, 2.05) is 24.3 Å². The first-order valence-corrected chi connectivity index (χ1v) is 6.83. The molecule has 3 aromatic carbocycles. The van der Waals surface area contributed by atoms with Crippen LogP contribution >= 0.6 is 0 Å². The second kappa shape index (κ2) is 5.29. The Bertz CT molecular complexity index is 831. The molecule has 0 aliphatic heterocycles. The van der Waals surface area contributed by atoms with Gasteiger partial charge in [0, 0.05) is 0 Å². The number of hydrogen-bond donors (Lipinski definition) is 1. The molecule has 0 spiro atoms. The number of fused-ring (bicyclic) bond motifs is 2. The lowest BCUT2D eigenvalue weighted by Crippen LogP contribution is -1.89. The maximum absolute atomic E-state index is 9.54. The van der Waals surface area contributed by atoms with Crippen molar-refractivity contribution in [3.63, 3.8) is 0 Å². The average molecular weight is 272 g/mol. The summed E-state index contributed by atoms with van der Waals surface area (Å²) < 4.78 is 0. The van der Waals surface area contributed by atoms with Crippen molar-refractivity contribution in [1.29, 1.82) is 0 Å². The fourth-order valence-corrected chi connectivity index (χ4v) is 2.74. The van der Waals surface area contributed by atoms with Gasteiger partial charge in [0.25, 0.3) is 0 Å². The lowest BCUT2D eigenvalue weighted by atomic mass is 9.91. The van der Waals surface area contributed by atoms with E-state index in [-0.39, 0.29) is 5.76 Å². The van der Waals surface area contributed by atoms with Crippen molar-refractivity contribution in [2.75, 3.05) is 0 Å². The van der Waals surface area contributed by atoms with E-state index >= 15 is 0 Å². The molecule has 1 heteroatoms. The minimum Gasteiger partial charge on any atom is -0.509 e. The van der Waals surface area contributed by atoms with Gasteiger partial charge in [0.1, 0.15) is 5.76 Å². The number of aliphatic hydroxyl groups excluding tert-OH is 1. The molecular weight excluding hydrogens is 256 g/mol. The third kappa shape index (κ3) is 2.34. The van der Waals surface area contributed by atoms with Gasteiger partial charge in [-0.1, -0.05) is 67.8 Å². The first-order valence-electron chi connectivity index (χ1n) is 6.83. The molecular formula is C20H16O. The molecule has 21 heavy (non-hydrogen) atoms. The SMILES string of the molecule is C=C/C(=C\C(=C)O)c1c2ccccc2cc2ccccc12. The lowest BCUT2D eigenvalue weighted by molar-refractivity contribution is 0.436. The van der Waals surface area contributed by atoms with Gasteiger partial charge in [-0.3, -0.25) is 0 Å². The molecule has 0 aliphatic rings. The highest BCUT2D eigenvalue weighted by Gasteiger charge is 2.09. The van der Waals surface area contributed by atoms with Crippen molar-refractivity contribution in [3.8, 4) is 0 Å². The predicted molar refractivity (Wildman–Crippen MR) is 91.4 cm³/mol. The summed E-state index contributed by atoms with van der Waals surface area (Å²) in [5.41, 5.74) is 1.95. The molecule has 0 aromatic heterocycles. The molecule has 0 fully saturated rings. The predicted octanol–water partition coefficient (Wildman–Crippen LogP) is 5.63. The fourth-order valence-electron chi connectivity index (χ4n) is 2.74. The summed E-state index contributed by atoms with van der Waals surface area (Å²) >= 11 is 0. The molecule has 0 bridgehead atoms. The van der Waals surface area contributed by atoms with Crippen molar-refractivity contribution in [2.24, 2.45) is 0 Å². The van der Waals surface area contributed by atoms with Crippen LogP contribution < -0.4 is 0 Å². The Hall–Kier alpha value is -2.80. The van der Waals surface area contributed by atoms with Gasteiger partial charge < -0.3 is 5.11 Å². The molecule has 1 N–H and O–H groups in total. The van der Waals surface area contributed by atoms with Crippen LogP contribution in [0.5, 0.6) is 0 Å². The minimum atomic E-state index is 0.0296. The molecule has 0 aliphatic carbocycles. The molecule has 0 heterocycles. The summed E-state index contributed by atoms with van der Waals surface area (Å²) in [6.07, 6.45) is 3.41. The maximum atomic E-state index is 9.54. The van der Waals surface area contributed by atoms with Gasteiger partial charge >= 0.3 is 0 Å². The van der Waals surface area contributed by atoms with Crippen LogP contribution in [0, 0.1) is 0 Å². The zero-order valence-electron chi connectivity index (χ0n) is 11.7. The summed E-state index contributed by atoms with van der Waals surface area (Å²) in [5.74, 6) is 0.0296. The van der Waals surface area contributed by atoms with Crippen molar-refractivity contribution in [2.45, 2.75) is 0 Å². The Morgan fingerprint density at radius 2 is 1.43 bits per heavy atom. The molecule has 1 nitrogen and oxygen atoms in total. The topological polar surface area (TPSA) is 20.2 Å². The Morgan fingerprint density at radius 3 is 1.90 bits per heavy atom. The zero-order valence-corrected chi connectivity index (χ0v) is 11.7. The summed E-state index contributed by atoms with van der Waals surface area (Å²) in [4.78, 5) is 0. The Labute approximate surface area is 124 Å². The van der Waals surface area contributed by atoms with Crippen molar-refractivity contribution in [3.05, 3.63) is 91.2 Å². The van der Waals surface area contributed by atoms with E-state index in [1.165, 1.54) is 10.8 Å². The number of hydrogen-bond acceptors (Lipinski definition) is 1. The third-order valence-electron chi connectivity index (χ3n) is 3.60. The summed E-state index contributed by atoms with van der Waals surface area (Å²) in [6.45, 7) is 7.44. The Kier molecular flexibility index (Phi) is 3.33. The maximum Gasteiger partial charge on any atom is 0.109 e. The monoisotopic (exact) mass is 272 g/mol. The zero-order chi connectivity index (χ0) is 14.8. The molecule has 0 saturated heterocycles. The smallest absolute Gasteiger partial charge is 0.109 e. The average Bonchev–Trinajstić information content (AvgIpc) is 2.50. The molecule has 0 radical (unpaired) electrons. The number of aliphatic hydroxyl groups is 1. The highest BCUT2D eigenvalue weighted by molar-refractivity contribution is 6.10. The van der Waals surface area contributed by atoms with Gasteiger partial charge in [0.2, 0.25) is 0 Å². The number of allylic oxidation sites excluding steroid dienone is 3. The van der Waals surface area contributed by atoms with E-state index in [0.29, 0.717) is 0 Å². The number of rotatable bonds is 3. The van der Waals surface area contributed by atoms with Crippen LogP contribution in [0.4, 0.5) is 0 Å². The van der Waals surface area contributed by atoms with Crippen LogP contribution in [0.15, 0.2) is 85.7 Å². The summed E-state index contributed by atoms with van der Waals surface area (Å²) in [6, 6.07) is 18.7. The van der Waals surface area contributed by atoms with E-state index in [9.17, 15) is 5.11 Å². The highest BCUT2D eigenvalue weighted by Crippen LogP contribution is 2.34. The molecule has 0 saturated carbocycles.